The van der Waals surface area contributed by atoms with Crippen molar-refractivity contribution in [3.05, 3.63) is 22.2 Å². The van der Waals surface area contributed by atoms with E-state index in [4.69, 9.17) is 28.9 Å². The van der Waals surface area contributed by atoms with Gasteiger partial charge in [-0.25, -0.2) is 13.1 Å². The molecule has 10 heteroatoms. The summed E-state index contributed by atoms with van der Waals surface area (Å²) < 4.78 is 62.4. The first-order valence-electron chi connectivity index (χ1n) is 5.26. The fourth-order valence-corrected chi connectivity index (χ4v) is 4.02. The Balaban J connectivity index is 3.07. The van der Waals surface area contributed by atoms with Gasteiger partial charge in [0, 0.05) is 11.7 Å². The maximum Gasteiger partial charge on any atom is 0.390 e. The molecule has 20 heavy (non-hydrogen) atoms. The molecule has 0 radical (unpaired) electrons. The molecule has 1 aromatic rings. The molecule has 0 bridgehead atoms. The summed E-state index contributed by atoms with van der Waals surface area (Å²) in [7, 11) is -4.28. The van der Waals surface area contributed by atoms with Crippen LogP contribution in [-0.2, 0) is 10.0 Å². The van der Waals surface area contributed by atoms with E-state index in [9.17, 15) is 21.6 Å². The van der Waals surface area contributed by atoms with Crippen molar-refractivity contribution in [1.29, 1.82) is 0 Å². The van der Waals surface area contributed by atoms with Gasteiger partial charge in [-0.05, 0) is 19.1 Å². The highest BCUT2D eigenvalue weighted by atomic mass is 35.5. The number of rotatable bonds is 4. The first-order chi connectivity index (χ1) is 8.92. The lowest BCUT2D eigenvalue weighted by molar-refractivity contribution is -0.137. The monoisotopic (exact) mass is 350 g/mol. The second kappa shape index (κ2) is 5.97. The molecule has 0 aliphatic rings. The van der Waals surface area contributed by atoms with Crippen LogP contribution in [0.4, 0.5) is 18.9 Å². The van der Waals surface area contributed by atoms with Crippen LogP contribution < -0.4 is 10.5 Å². The van der Waals surface area contributed by atoms with Gasteiger partial charge in [-0.3, -0.25) is 0 Å². The van der Waals surface area contributed by atoms with Gasteiger partial charge in [-0.2, -0.15) is 13.2 Å². The van der Waals surface area contributed by atoms with Crippen molar-refractivity contribution in [2.45, 2.75) is 30.5 Å². The van der Waals surface area contributed by atoms with E-state index in [1.54, 1.807) is 0 Å². The Morgan fingerprint density at radius 1 is 1.30 bits per heavy atom. The Kier molecular flexibility index (Phi) is 5.18. The molecular formula is C10H11Cl2F3N2O2S. The molecule has 1 aromatic carbocycles. The molecule has 1 rings (SSSR count). The normalized spacial score (nSPS) is 14.3. The standard InChI is InChI=1S/C10H11Cl2F3N2O2S/c1-5(4-10(13,14)15)17-20(18,19)9-7(11)2-6(16)3-8(9)12/h2-3,5,17H,4,16H2,1H3. The molecule has 0 spiro atoms. The maximum absolute atomic E-state index is 12.2. The van der Waals surface area contributed by atoms with Crippen LogP contribution in [0.5, 0.6) is 0 Å². The Hall–Kier alpha value is -0.700. The van der Waals surface area contributed by atoms with Crippen molar-refractivity contribution in [2.24, 2.45) is 0 Å². The number of nitrogens with one attached hydrogen (secondary N) is 1. The predicted molar refractivity (Wildman–Crippen MR) is 71.3 cm³/mol. The van der Waals surface area contributed by atoms with Gasteiger partial charge in [0.2, 0.25) is 10.0 Å². The van der Waals surface area contributed by atoms with E-state index >= 15 is 0 Å². The highest BCUT2D eigenvalue weighted by molar-refractivity contribution is 7.89. The van der Waals surface area contributed by atoms with Crippen LogP contribution in [0.1, 0.15) is 13.3 Å². The zero-order valence-electron chi connectivity index (χ0n) is 10.1. The van der Waals surface area contributed by atoms with Gasteiger partial charge in [0.15, 0.2) is 0 Å². The van der Waals surface area contributed by atoms with Crippen LogP contribution in [0.3, 0.4) is 0 Å². The van der Waals surface area contributed by atoms with E-state index in [0.717, 1.165) is 19.1 Å². The number of sulfonamides is 1. The quantitative estimate of drug-likeness (QED) is 0.819. The van der Waals surface area contributed by atoms with Crippen LogP contribution in [0, 0.1) is 0 Å². The van der Waals surface area contributed by atoms with E-state index in [1.165, 1.54) is 0 Å². The van der Waals surface area contributed by atoms with Gasteiger partial charge in [-0.1, -0.05) is 23.2 Å². The summed E-state index contributed by atoms with van der Waals surface area (Å²) in [4.78, 5) is -0.496. The largest absolute Gasteiger partial charge is 0.399 e. The van der Waals surface area contributed by atoms with Crippen molar-refractivity contribution in [3.63, 3.8) is 0 Å². The molecule has 0 saturated carbocycles. The molecule has 0 heterocycles. The summed E-state index contributed by atoms with van der Waals surface area (Å²) in [6.07, 6.45) is -5.80. The summed E-state index contributed by atoms with van der Waals surface area (Å²) in [6, 6.07) is 0.942. The lowest BCUT2D eigenvalue weighted by Crippen LogP contribution is -2.36. The van der Waals surface area contributed by atoms with Gasteiger partial charge in [0.05, 0.1) is 16.5 Å². The van der Waals surface area contributed by atoms with Gasteiger partial charge >= 0.3 is 6.18 Å². The fraction of sp³-hybridized carbons (Fsp3) is 0.400. The lowest BCUT2D eigenvalue weighted by Gasteiger charge is -2.17. The van der Waals surface area contributed by atoms with Crippen LogP contribution in [0.15, 0.2) is 17.0 Å². The molecule has 114 valence electrons. The molecule has 0 aliphatic carbocycles. The second-order valence-corrected chi connectivity index (χ2v) is 6.62. The van der Waals surface area contributed by atoms with Gasteiger partial charge < -0.3 is 5.73 Å². The van der Waals surface area contributed by atoms with E-state index in [0.29, 0.717) is 0 Å². The zero-order valence-corrected chi connectivity index (χ0v) is 12.5. The number of nitrogens with two attached hydrogens (primary N) is 1. The minimum absolute atomic E-state index is 0.141. The number of halogens is 5. The summed E-state index contributed by atoms with van der Waals surface area (Å²) in [5.41, 5.74) is 5.56. The van der Waals surface area contributed by atoms with Crippen LogP contribution in [0.2, 0.25) is 10.0 Å². The molecule has 1 atom stereocenters. The van der Waals surface area contributed by atoms with E-state index in [1.807, 2.05) is 4.72 Å². The first-order valence-corrected chi connectivity index (χ1v) is 7.50. The van der Waals surface area contributed by atoms with Crippen molar-refractivity contribution in [3.8, 4) is 0 Å². The van der Waals surface area contributed by atoms with Crippen LogP contribution >= 0.6 is 23.2 Å². The van der Waals surface area contributed by atoms with Crippen molar-refractivity contribution >= 4 is 38.9 Å². The minimum Gasteiger partial charge on any atom is -0.399 e. The average Bonchev–Trinajstić information content (AvgIpc) is 2.08. The number of alkyl halides is 3. The SMILES string of the molecule is CC(CC(F)(F)F)NS(=O)(=O)c1c(Cl)cc(N)cc1Cl. The molecule has 0 aliphatic heterocycles. The number of benzene rings is 1. The molecule has 3 N–H and O–H groups in total. The number of hydrogen-bond donors (Lipinski definition) is 2. The molecule has 0 saturated heterocycles. The molecular weight excluding hydrogens is 340 g/mol. The van der Waals surface area contributed by atoms with Crippen molar-refractivity contribution in [1.82, 2.24) is 4.72 Å². The summed E-state index contributed by atoms with van der Waals surface area (Å²) in [5.74, 6) is 0. The molecule has 0 aromatic heterocycles. The Morgan fingerprint density at radius 2 is 1.75 bits per heavy atom. The van der Waals surface area contributed by atoms with Crippen LogP contribution in [0.25, 0.3) is 0 Å². The Labute approximate surface area is 124 Å². The van der Waals surface area contributed by atoms with Crippen LogP contribution in [-0.4, -0.2) is 20.6 Å². The molecule has 0 amide bonds. The zero-order chi connectivity index (χ0) is 15.7. The summed E-state index contributed by atoms with van der Waals surface area (Å²) in [6.45, 7) is 1.09. The first kappa shape index (κ1) is 17.4. The third-order valence-electron chi connectivity index (χ3n) is 2.18. The highest BCUT2D eigenvalue weighted by Crippen LogP contribution is 2.32. The Morgan fingerprint density at radius 3 is 2.15 bits per heavy atom. The maximum atomic E-state index is 12.2. The van der Waals surface area contributed by atoms with E-state index in [2.05, 4.69) is 0 Å². The highest BCUT2D eigenvalue weighted by Gasteiger charge is 2.33. The summed E-state index contributed by atoms with van der Waals surface area (Å²) >= 11 is 11.5. The smallest absolute Gasteiger partial charge is 0.390 e. The number of nitrogen functional groups attached to an aromatic ring is 1. The van der Waals surface area contributed by atoms with Crippen molar-refractivity contribution < 1.29 is 21.6 Å². The average molecular weight is 351 g/mol. The van der Waals surface area contributed by atoms with Gasteiger partial charge in [0.1, 0.15) is 4.90 Å². The third kappa shape index (κ3) is 4.69. The third-order valence-corrected chi connectivity index (χ3v) is 4.69. The molecule has 0 fully saturated rings. The minimum atomic E-state index is -4.49. The fourth-order valence-electron chi connectivity index (χ4n) is 1.55. The predicted octanol–water partition coefficient (Wildman–Crippen LogP) is 3.19. The second-order valence-electron chi connectivity index (χ2n) is 4.16. The number of anilines is 1. The number of hydrogen-bond acceptors (Lipinski definition) is 3. The Bertz CT molecular complexity index is 582. The van der Waals surface area contributed by atoms with Crippen molar-refractivity contribution in [2.75, 3.05) is 5.73 Å². The molecule has 1 unspecified atom stereocenters. The van der Waals surface area contributed by atoms with Gasteiger partial charge in [-0.15, -0.1) is 0 Å². The van der Waals surface area contributed by atoms with Gasteiger partial charge in [0.25, 0.3) is 0 Å². The summed E-state index contributed by atoms with van der Waals surface area (Å²) in [5, 5.41) is -0.525. The van der Waals surface area contributed by atoms with E-state index < -0.39 is 33.6 Å². The topological polar surface area (TPSA) is 72.2 Å². The lowest BCUT2D eigenvalue weighted by atomic mass is 10.2. The van der Waals surface area contributed by atoms with E-state index in [-0.39, 0.29) is 15.7 Å². The molecule has 4 nitrogen and oxygen atoms in total.